The molecule has 0 spiro atoms. The Hall–Kier alpha value is -2.77. The minimum atomic E-state index is -0.152. The zero-order chi connectivity index (χ0) is 20.5. The van der Waals surface area contributed by atoms with E-state index >= 15 is 0 Å². The van der Waals surface area contributed by atoms with Crippen molar-refractivity contribution in [3.63, 3.8) is 0 Å². The summed E-state index contributed by atoms with van der Waals surface area (Å²) in [5.41, 5.74) is 3.85. The summed E-state index contributed by atoms with van der Waals surface area (Å²) in [7, 11) is 0. The van der Waals surface area contributed by atoms with Crippen LogP contribution in [0.15, 0.2) is 42.6 Å². The highest BCUT2D eigenvalue weighted by Gasteiger charge is 2.25. The molecule has 148 valence electrons. The highest BCUT2D eigenvalue weighted by molar-refractivity contribution is 7.22. The van der Waals surface area contributed by atoms with E-state index in [2.05, 4.69) is 10.1 Å². The molecule has 0 saturated heterocycles. The van der Waals surface area contributed by atoms with Gasteiger partial charge in [-0.05, 0) is 56.7 Å². The first kappa shape index (κ1) is 19.5. The van der Waals surface area contributed by atoms with Crippen molar-refractivity contribution in [3.8, 4) is 0 Å². The SMILES string of the molecule is CCn1nc(C)cc1C(=O)N(Cc1ccccn1)c1nc2c(C)c(Cl)ccc2s1. The number of aromatic nitrogens is 4. The number of halogens is 1. The predicted octanol–water partition coefficient (Wildman–Crippen LogP) is 5.02. The van der Waals surface area contributed by atoms with Gasteiger partial charge in [-0.15, -0.1) is 0 Å². The second-order valence-corrected chi connectivity index (χ2v) is 8.13. The molecule has 29 heavy (non-hydrogen) atoms. The first-order chi connectivity index (χ1) is 14.0. The third-order valence-corrected chi connectivity index (χ3v) is 6.13. The highest BCUT2D eigenvalue weighted by atomic mass is 35.5. The third kappa shape index (κ3) is 3.75. The van der Waals surface area contributed by atoms with Gasteiger partial charge in [0.2, 0.25) is 0 Å². The number of carbonyl (C=O) groups is 1. The molecule has 4 aromatic rings. The number of carbonyl (C=O) groups excluding carboxylic acids is 1. The first-order valence-corrected chi connectivity index (χ1v) is 10.5. The van der Waals surface area contributed by atoms with Gasteiger partial charge in [0, 0.05) is 17.8 Å². The Balaban J connectivity index is 1.82. The summed E-state index contributed by atoms with van der Waals surface area (Å²) in [4.78, 5) is 24.4. The maximum atomic E-state index is 13.5. The van der Waals surface area contributed by atoms with Crippen LogP contribution in [0.2, 0.25) is 5.02 Å². The van der Waals surface area contributed by atoms with Crippen LogP contribution in [0.25, 0.3) is 10.2 Å². The Morgan fingerprint density at radius 3 is 2.79 bits per heavy atom. The highest BCUT2D eigenvalue weighted by Crippen LogP contribution is 2.34. The fourth-order valence-corrected chi connectivity index (χ4v) is 4.36. The molecule has 0 N–H and O–H groups in total. The molecule has 0 fully saturated rings. The summed E-state index contributed by atoms with van der Waals surface area (Å²) in [6.45, 7) is 6.72. The van der Waals surface area contributed by atoms with Crippen LogP contribution in [-0.2, 0) is 13.1 Å². The quantitative estimate of drug-likeness (QED) is 0.450. The van der Waals surface area contributed by atoms with Crippen molar-refractivity contribution in [2.45, 2.75) is 33.9 Å². The van der Waals surface area contributed by atoms with Crippen LogP contribution < -0.4 is 4.90 Å². The van der Waals surface area contributed by atoms with Gasteiger partial charge in [0.1, 0.15) is 5.69 Å². The van der Waals surface area contributed by atoms with E-state index in [1.54, 1.807) is 15.8 Å². The van der Waals surface area contributed by atoms with Crippen molar-refractivity contribution >= 4 is 44.2 Å². The van der Waals surface area contributed by atoms with Gasteiger partial charge in [-0.25, -0.2) is 4.98 Å². The number of pyridine rings is 1. The maximum Gasteiger partial charge on any atom is 0.278 e. The number of hydrogen-bond acceptors (Lipinski definition) is 5. The zero-order valence-corrected chi connectivity index (χ0v) is 18.0. The van der Waals surface area contributed by atoms with E-state index in [1.807, 2.05) is 57.2 Å². The van der Waals surface area contributed by atoms with Gasteiger partial charge in [-0.1, -0.05) is 29.0 Å². The number of amides is 1. The lowest BCUT2D eigenvalue weighted by atomic mass is 10.2. The van der Waals surface area contributed by atoms with E-state index in [1.165, 1.54) is 11.3 Å². The number of nitrogens with zero attached hydrogens (tertiary/aromatic N) is 5. The predicted molar refractivity (Wildman–Crippen MR) is 117 cm³/mol. The Bertz CT molecular complexity index is 1180. The van der Waals surface area contributed by atoms with Gasteiger partial charge in [0.15, 0.2) is 5.13 Å². The summed E-state index contributed by atoms with van der Waals surface area (Å²) < 4.78 is 2.71. The normalized spacial score (nSPS) is 11.2. The molecular formula is C21H20ClN5OS. The Morgan fingerprint density at radius 2 is 2.07 bits per heavy atom. The Morgan fingerprint density at radius 1 is 1.24 bits per heavy atom. The number of rotatable bonds is 5. The van der Waals surface area contributed by atoms with E-state index < -0.39 is 0 Å². The lowest BCUT2D eigenvalue weighted by molar-refractivity contribution is 0.0974. The van der Waals surface area contributed by atoms with Crippen molar-refractivity contribution in [2.24, 2.45) is 0 Å². The van der Waals surface area contributed by atoms with Crippen molar-refractivity contribution in [3.05, 3.63) is 70.3 Å². The van der Waals surface area contributed by atoms with Crippen molar-refractivity contribution < 1.29 is 4.79 Å². The molecule has 0 saturated carbocycles. The maximum absolute atomic E-state index is 13.5. The molecule has 0 aliphatic heterocycles. The van der Waals surface area contributed by atoms with Crippen LogP contribution >= 0.6 is 22.9 Å². The van der Waals surface area contributed by atoms with Gasteiger partial charge >= 0.3 is 0 Å². The van der Waals surface area contributed by atoms with Crippen molar-refractivity contribution in [1.29, 1.82) is 0 Å². The summed E-state index contributed by atoms with van der Waals surface area (Å²) in [5, 5.41) is 5.70. The average molecular weight is 426 g/mol. The van der Waals surface area contributed by atoms with Crippen LogP contribution in [-0.4, -0.2) is 25.7 Å². The summed E-state index contributed by atoms with van der Waals surface area (Å²) >= 11 is 7.74. The molecule has 0 bridgehead atoms. The summed E-state index contributed by atoms with van der Waals surface area (Å²) in [6.07, 6.45) is 1.72. The summed E-state index contributed by atoms with van der Waals surface area (Å²) in [6, 6.07) is 11.3. The monoisotopic (exact) mass is 425 g/mol. The number of fused-ring (bicyclic) bond motifs is 1. The number of thiazole rings is 1. The smallest absolute Gasteiger partial charge is 0.277 e. The van der Waals surface area contributed by atoms with Crippen molar-refractivity contribution in [2.75, 3.05) is 4.90 Å². The molecule has 0 aliphatic carbocycles. The largest absolute Gasteiger partial charge is 0.278 e. The van der Waals surface area contributed by atoms with E-state index in [9.17, 15) is 4.79 Å². The molecule has 3 aromatic heterocycles. The van der Waals surface area contributed by atoms with Crippen LogP contribution in [0, 0.1) is 13.8 Å². The number of benzene rings is 1. The third-order valence-electron chi connectivity index (χ3n) is 4.68. The second kappa shape index (κ2) is 7.93. The van der Waals surface area contributed by atoms with Gasteiger partial charge in [0.05, 0.1) is 28.1 Å². The number of hydrogen-bond donors (Lipinski definition) is 0. The van der Waals surface area contributed by atoms with E-state index in [0.717, 1.165) is 27.2 Å². The molecule has 3 heterocycles. The second-order valence-electron chi connectivity index (χ2n) is 6.71. The fourth-order valence-electron chi connectivity index (χ4n) is 3.18. The van der Waals surface area contributed by atoms with Crippen LogP contribution in [0.4, 0.5) is 5.13 Å². The molecular weight excluding hydrogens is 406 g/mol. The molecule has 0 atom stereocenters. The van der Waals surface area contributed by atoms with Gasteiger partial charge < -0.3 is 0 Å². The van der Waals surface area contributed by atoms with Gasteiger partial charge in [-0.3, -0.25) is 19.4 Å². The zero-order valence-electron chi connectivity index (χ0n) is 16.4. The van der Waals surface area contributed by atoms with E-state index in [0.29, 0.717) is 28.9 Å². The lowest BCUT2D eigenvalue weighted by Gasteiger charge is -2.19. The molecule has 8 heteroatoms. The summed E-state index contributed by atoms with van der Waals surface area (Å²) in [5.74, 6) is -0.152. The Labute approximate surface area is 177 Å². The lowest BCUT2D eigenvalue weighted by Crippen LogP contribution is -2.32. The minimum Gasteiger partial charge on any atom is -0.277 e. The molecule has 1 amide bonds. The molecule has 1 aromatic carbocycles. The molecule has 4 rings (SSSR count). The van der Waals surface area contributed by atoms with E-state index in [-0.39, 0.29) is 5.91 Å². The molecule has 6 nitrogen and oxygen atoms in total. The molecule has 0 unspecified atom stereocenters. The van der Waals surface area contributed by atoms with Gasteiger partial charge in [0.25, 0.3) is 5.91 Å². The standard InChI is InChI=1S/C21H20ClN5OS/c1-4-27-17(11-13(2)25-27)20(28)26(12-15-7-5-6-10-23-15)21-24-19-14(3)16(22)8-9-18(19)29-21/h5-11H,4,12H2,1-3H3. The number of aryl methyl sites for hydroxylation is 3. The van der Waals surface area contributed by atoms with Crippen LogP contribution in [0.5, 0.6) is 0 Å². The van der Waals surface area contributed by atoms with Gasteiger partial charge in [-0.2, -0.15) is 5.10 Å². The van der Waals surface area contributed by atoms with Crippen molar-refractivity contribution in [1.82, 2.24) is 19.7 Å². The fraction of sp³-hybridized carbons (Fsp3) is 0.238. The Kier molecular flexibility index (Phi) is 5.34. The first-order valence-electron chi connectivity index (χ1n) is 9.29. The van der Waals surface area contributed by atoms with Crippen LogP contribution in [0.1, 0.15) is 34.4 Å². The topological polar surface area (TPSA) is 63.9 Å². The molecule has 0 aliphatic rings. The number of anilines is 1. The van der Waals surface area contributed by atoms with Crippen LogP contribution in [0.3, 0.4) is 0 Å². The average Bonchev–Trinajstić information content (AvgIpc) is 3.33. The molecule has 0 radical (unpaired) electrons. The minimum absolute atomic E-state index is 0.152. The van der Waals surface area contributed by atoms with E-state index in [4.69, 9.17) is 16.6 Å².